The van der Waals surface area contributed by atoms with Crippen molar-refractivity contribution in [1.82, 2.24) is 4.90 Å². The topological polar surface area (TPSA) is 3.24 Å². The SMILES string of the molecule is CCCCCCC=CN(CCCC)CCCCCCCCCCCC. The van der Waals surface area contributed by atoms with Crippen molar-refractivity contribution < 1.29 is 0 Å². The Morgan fingerprint density at radius 2 is 0.920 bits per heavy atom. The van der Waals surface area contributed by atoms with Gasteiger partial charge in [-0.25, -0.2) is 0 Å². The molecular weight excluding hydrogens is 302 g/mol. The maximum absolute atomic E-state index is 2.58. The Balaban J connectivity index is 3.62. The van der Waals surface area contributed by atoms with Crippen LogP contribution in [0.3, 0.4) is 0 Å². The number of nitrogens with zero attached hydrogens (tertiary/aromatic N) is 1. The minimum Gasteiger partial charge on any atom is -0.378 e. The molecule has 0 rings (SSSR count). The molecule has 25 heavy (non-hydrogen) atoms. The van der Waals surface area contributed by atoms with Gasteiger partial charge in [0.1, 0.15) is 0 Å². The summed E-state index contributed by atoms with van der Waals surface area (Å²) in [5.41, 5.74) is 0. The van der Waals surface area contributed by atoms with E-state index in [1.165, 1.54) is 122 Å². The van der Waals surface area contributed by atoms with E-state index in [0.29, 0.717) is 0 Å². The van der Waals surface area contributed by atoms with Crippen molar-refractivity contribution in [2.24, 2.45) is 0 Å². The van der Waals surface area contributed by atoms with E-state index in [2.05, 4.69) is 37.9 Å². The summed E-state index contributed by atoms with van der Waals surface area (Å²) in [6.07, 6.45) is 28.5. The molecule has 0 radical (unpaired) electrons. The fourth-order valence-corrected chi connectivity index (χ4v) is 3.34. The molecule has 1 nitrogen and oxygen atoms in total. The first-order valence-corrected chi connectivity index (χ1v) is 11.8. The van der Waals surface area contributed by atoms with Crippen molar-refractivity contribution in [3.05, 3.63) is 12.3 Å². The molecule has 0 aliphatic carbocycles. The molecule has 0 atom stereocenters. The second kappa shape index (κ2) is 21.6. The van der Waals surface area contributed by atoms with Crippen LogP contribution in [0.2, 0.25) is 0 Å². The number of allylic oxidation sites excluding steroid dienone is 1. The van der Waals surface area contributed by atoms with Crippen molar-refractivity contribution in [1.29, 1.82) is 0 Å². The van der Waals surface area contributed by atoms with Gasteiger partial charge in [-0.05, 0) is 31.9 Å². The Morgan fingerprint density at radius 1 is 0.480 bits per heavy atom. The molecule has 0 aromatic carbocycles. The summed E-state index contributed by atoms with van der Waals surface area (Å²) >= 11 is 0. The van der Waals surface area contributed by atoms with E-state index in [-0.39, 0.29) is 0 Å². The van der Waals surface area contributed by atoms with Crippen LogP contribution in [0.15, 0.2) is 12.3 Å². The summed E-state index contributed by atoms with van der Waals surface area (Å²) in [5, 5.41) is 0. The molecule has 0 amide bonds. The van der Waals surface area contributed by atoms with Gasteiger partial charge in [0, 0.05) is 13.1 Å². The molecule has 0 fully saturated rings. The predicted molar refractivity (Wildman–Crippen MR) is 116 cm³/mol. The Morgan fingerprint density at radius 3 is 1.48 bits per heavy atom. The van der Waals surface area contributed by atoms with Gasteiger partial charge in [0.15, 0.2) is 0 Å². The Hall–Kier alpha value is -0.460. The number of hydrogen-bond donors (Lipinski definition) is 0. The average Bonchev–Trinajstić information content (AvgIpc) is 2.63. The van der Waals surface area contributed by atoms with E-state index in [9.17, 15) is 0 Å². The lowest BCUT2D eigenvalue weighted by atomic mass is 10.1. The molecule has 0 unspecified atom stereocenters. The lowest BCUT2D eigenvalue weighted by molar-refractivity contribution is 0.353. The highest BCUT2D eigenvalue weighted by atomic mass is 15.1. The van der Waals surface area contributed by atoms with Gasteiger partial charge in [-0.15, -0.1) is 0 Å². The molecule has 150 valence electrons. The smallest absolute Gasteiger partial charge is 0.0172 e. The van der Waals surface area contributed by atoms with Crippen LogP contribution in [0.25, 0.3) is 0 Å². The molecule has 0 aliphatic heterocycles. The molecular formula is C24H49N. The third-order valence-corrected chi connectivity index (χ3v) is 5.14. The number of hydrogen-bond acceptors (Lipinski definition) is 1. The van der Waals surface area contributed by atoms with Crippen LogP contribution in [0.4, 0.5) is 0 Å². The highest BCUT2D eigenvalue weighted by molar-refractivity contribution is 4.82. The molecule has 0 bridgehead atoms. The molecule has 0 N–H and O–H groups in total. The summed E-state index contributed by atoms with van der Waals surface area (Å²) in [4.78, 5) is 2.58. The fourth-order valence-electron chi connectivity index (χ4n) is 3.34. The second-order valence-electron chi connectivity index (χ2n) is 7.81. The van der Waals surface area contributed by atoms with Crippen molar-refractivity contribution in [3.8, 4) is 0 Å². The lowest BCUT2D eigenvalue weighted by Gasteiger charge is -2.20. The monoisotopic (exact) mass is 351 g/mol. The molecule has 1 heteroatoms. The van der Waals surface area contributed by atoms with Gasteiger partial charge >= 0.3 is 0 Å². The predicted octanol–water partition coefficient (Wildman–Crippen LogP) is 8.49. The first kappa shape index (κ1) is 24.5. The summed E-state index contributed by atoms with van der Waals surface area (Å²) in [6.45, 7) is 9.40. The van der Waals surface area contributed by atoms with Crippen molar-refractivity contribution in [2.45, 2.75) is 130 Å². The highest BCUT2D eigenvalue weighted by Gasteiger charge is 1.99. The van der Waals surface area contributed by atoms with Gasteiger partial charge in [-0.2, -0.15) is 0 Å². The van der Waals surface area contributed by atoms with Gasteiger partial charge < -0.3 is 4.90 Å². The average molecular weight is 352 g/mol. The van der Waals surface area contributed by atoms with E-state index in [1.807, 2.05) is 0 Å². The summed E-state index contributed by atoms with van der Waals surface area (Å²) in [6, 6.07) is 0. The summed E-state index contributed by atoms with van der Waals surface area (Å²) in [5.74, 6) is 0. The fraction of sp³-hybridized carbons (Fsp3) is 0.917. The molecule has 0 saturated carbocycles. The lowest BCUT2D eigenvalue weighted by Crippen LogP contribution is -2.19. The van der Waals surface area contributed by atoms with Gasteiger partial charge in [0.2, 0.25) is 0 Å². The largest absolute Gasteiger partial charge is 0.378 e. The molecule has 0 saturated heterocycles. The van der Waals surface area contributed by atoms with Crippen LogP contribution < -0.4 is 0 Å². The van der Waals surface area contributed by atoms with Crippen molar-refractivity contribution in [2.75, 3.05) is 13.1 Å². The molecule has 0 aromatic rings. The van der Waals surface area contributed by atoms with Crippen LogP contribution in [0, 0.1) is 0 Å². The van der Waals surface area contributed by atoms with E-state index in [0.717, 1.165) is 0 Å². The third-order valence-electron chi connectivity index (χ3n) is 5.14. The van der Waals surface area contributed by atoms with Crippen LogP contribution in [-0.2, 0) is 0 Å². The summed E-state index contributed by atoms with van der Waals surface area (Å²) < 4.78 is 0. The maximum Gasteiger partial charge on any atom is 0.0172 e. The maximum atomic E-state index is 2.58. The van der Waals surface area contributed by atoms with Gasteiger partial charge in [0.25, 0.3) is 0 Å². The van der Waals surface area contributed by atoms with Crippen LogP contribution in [-0.4, -0.2) is 18.0 Å². The van der Waals surface area contributed by atoms with E-state index in [4.69, 9.17) is 0 Å². The van der Waals surface area contributed by atoms with Gasteiger partial charge in [-0.3, -0.25) is 0 Å². The zero-order valence-electron chi connectivity index (χ0n) is 18.0. The van der Waals surface area contributed by atoms with Crippen molar-refractivity contribution >= 4 is 0 Å². The second-order valence-corrected chi connectivity index (χ2v) is 7.81. The van der Waals surface area contributed by atoms with Crippen molar-refractivity contribution in [3.63, 3.8) is 0 Å². The molecule has 0 heterocycles. The minimum absolute atomic E-state index is 1.25. The van der Waals surface area contributed by atoms with Crippen LogP contribution in [0.1, 0.15) is 130 Å². The number of unbranched alkanes of at least 4 members (excludes halogenated alkanes) is 14. The number of rotatable bonds is 20. The van der Waals surface area contributed by atoms with Crippen LogP contribution >= 0.6 is 0 Å². The third kappa shape index (κ3) is 19.7. The first-order valence-electron chi connectivity index (χ1n) is 11.8. The zero-order chi connectivity index (χ0) is 18.4. The zero-order valence-corrected chi connectivity index (χ0v) is 18.0. The first-order chi connectivity index (χ1) is 12.3. The van der Waals surface area contributed by atoms with E-state index >= 15 is 0 Å². The van der Waals surface area contributed by atoms with E-state index in [1.54, 1.807) is 0 Å². The van der Waals surface area contributed by atoms with Gasteiger partial charge in [0.05, 0.1) is 0 Å². The Bertz CT molecular complexity index is 259. The minimum atomic E-state index is 1.25. The quantitative estimate of drug-likeness (QED) is 0.199. The van der Waals surface area contributed by atoms with Crippen LogP contribution in [0.5, 0.6) is 0 Å². The molecule has 0 aliphatic rings. The van der Waals surface area contributed by atoms with Gasteiger partial charge in [-0.1, -0.05) is 110 Å². The highest BCUT2D eigenvalue weighted by Crippen LogP contribution is 2.11. The normalized spacial score (nSPS) is 11.5. The Kier molecular flexibility index (Phi) is 21.2. The standard InChI is InChI=1S/C24H49N/c1-4-7-10-12-14-15-16-17-19-21-24-25(22-9-6-3)23-20-18-13-11-8-5-2/h20,23H,4-19,21-22,24H2,1-3H3. The molecule has 0 aromatic heterocycles. The molecule has 0 spiro atoms. The Labute approximate surface area is 160 Å². The van der Waals surface area contributed by atoms with E-state index < -0.39 is 0 Å². The summed E-state index contributed by atoms with van der Waals surface area (Å²) in [7, 11) is 0.